The van der Waals surface area contributed by atoms with Gasteiger partial charge >= 0.3 is 0 Å². The number of hydrogen-bond donors (Lipinski definition) is 1. The number of halogens is 1. The highest BCUT2D eigenvalue weighted by Gasteiger charge is 2.32. The Morgan fingerprint density at radius 1 is 1.03 bits per heavy atom. The van der Waals surface area contributed by atoms with Gasteiger partial charge in [-0.1, -0.05) is 26.0 Å². The van der Waals surface area contributed by atoms with Gasteiger partial charge in [0.1, 0.15) is 24.2 Å². The van der Waals surface area contributed by atoms with E-state index in [2.05, 4.69) is 5.32 Å². The van der Waals surface area contributed by atoms with Gasteiger partial charge in [0.2, 0.25) is 21.8 Å². The number of benzene rings is 2. The summed E-state index contributed by atoms with van der Waals surface area (Å²) >= 11 is 0. The molecule has 0 aliphatic heterocycles. The van der Waals surface area contributed by atoms with Crippen LogP contribution in [0.4, 0.5) is 10.1 Å². The van der Waals surface area contributed by atoms with Crippen molar-refractivity contribution in [1.29, 1.82) is 0 Å². The normalized spacial score (nSPS) is 13.0. The quantitative estimate of drug-likeness (QED) is 0.476. The van der Waals surface area contributed by atoms with Crippen LogP contribution in [0.15, 0.2) is 48.5 Å². The summed E-state index contributed by atoms with van der Waals surface area (Å²) in [6.07, 6.45) is 2.05. The van der Waals surface area contributed by atoms with E-state index in [0.717, 1.165) is 10.6 Å². The molecule has 1 N–H and O–H groups in total. The largest absolute Gasteiger partial charge is 0.497 e. The standard InChI is InChI=1S/C25H34FN3O5S/c1-6-18(3)27-25(31)23(7-2)28(16-19-8-10-20(26)11-9-19)24(30)17-29(35(5,32)33)21-12-14-22(34-4)15-13-21/h8-15,18,23H,6-7,16-17H2,1-5H3,(H,27,31). The van der Waals surface area contributed by atoms with E-state index in [-0.39, 0.29) is 18.5 Å². The van der Waals surface area contributed by atoms with E-state index in [4.69, 9.17) is 4.74 Å². The Kier molecular flexibility index (Phi) is 10.1. The molecular formula is C25H34FN3O5S. The summed E-state index contributed by atoms with van der Waals surface area (Å²) in [5, 5.41) is 2.90. The number of amides is 2. The molecule has 2 unspecified atom stereocenters. The highest BCUT2D eigenvalue weighted by molar-refractivity contribution is 7.92. The molecule has 8 nitrogen and oxygen atoms in total. The van der Waals surface area contributed by atoms with Crippen LogP contribution < -0.4 is 14.4 Å². The molecule has 192 valence electrons. The van der Waals surface area contributed by atoms with Crippen molar-refractivity contribution in [1.82, 2.24) is 10.2 Å². The average Bonchev–Trinajstić information content (AvgIpc) is 2.82. The maximum Gasteiger partial charge on any atom is 0.244 e. The number of ether oxygens (including phenoxy) is 1. The number of carbonyl (C=O) groups excluding carboxylic acids is 2. The maximum absolute atomic E-state index is 13.6. The molecule has 10 heteroatoms. The van der Waals surface area contributed by atoms with E-state index in [9.17, 15) is 22.4 Å². The van der Waals surface area contributed by atoms with Crippen LogP contribution in [0, 0.1) is 5.82 Å². The molecule has 0 aliphatic rings. The minimum atomic E-state index is -3.83. The monoisotopic (exact) mass is 507 g/mol. The van der Waals surface area contributed by atoms with Gasteiger partial charge in [-0.05, 0) is 61.7 Å². The van der Waals surface area contributed by atoms with Crippen LogP contribution in [0.1, 0.15) is 39.2 Å². The molecule has 0 saturated heterocycles. The lowest BCUT2D eigenvalue weighted by Crippen LogP contribution is -2.53. The van der Waals surface area contributed by atoms with Crippen molar-refractivity contribution in [2.75, 3.05) is 24.2 Å². The lowest BCUT2D eigenvalue weighted by atomic mass is 10.1. The highest BCUT2D eigenvalue weighted by atomic mass is 32.2. The highest BCUT2D eigenvalue weighted by Crippen LogP contribution is 2.22. The first-order chi connectivity index (χ1) is 16.5. The molecule has 2 amide bonds. The van der Waals surface area contributed by atoms with Crippen molar-refractivity contribution in [3.05, 3.63) is 59.9 Å². The minimum absolute atomic E-state index is 0.0196. The molecule has 0 heterocycles. The van der Waals surface area contributed by atoms with Gasteiger partial charge in [-0.15, -0.1) is 0 Å². The summed E-state index contributed by atoms with van der Waals surface area (Å²) in [4.78, 5) is 28.0. The molecule has 0 aliphatic carbocycles. The molecule has 0 radical (unpaired) electrons. The fraction of sp³-hybridized carbons (Fsp3) is 0.440. The van der Waals surface area contributed by atoms with Crippen LogP contribution in [-0.2, 0) is 26.2 Å². The van der Waals surface area contributed by atoms with E-state index < -0.39 is 34.3 Å². The number of nitrogens with one attached hydrogen (secondary N) is 1. The van der Waals surface area contributed by atoms with Gasteiger partial charge in [0, 0.05) is 12.6 Å². The van der Waals surface area contributed by atoms with Gasteiger partial charge in [-0.3, -0.25) is 13.9 Å². The smallest absolute Gasteiger partial charge is 0.244 e. The van der Waals surface area contributed by atoms with Crippen molar-refractivity contribution >= 4 is 27.5 Å². The molecule has 2 aromatic rings. The molecule has 2 atom stereocenters. The first-order valence-corrected chi connectivity index (χ1v) is 13.3. The predicted octanol–water partition coefficient (Wildman–Crippen LogP) is 3.32. The third-order valence-electron chi connectivity index (χ3n) is 5.69. The summed E-state index contributed by atoms with van der Waals surface area (Å²) in [5.74, 6) is -0.760. The van der Waals surface area contributed by atoms with Crippen molar-refractivity contribution < 1.29 is 27.1 Å². The molecule has 35 heavy (non-hydrogen) atoms. The zero-order chi connectivity index (χ0) is 26.2. The molecule has 0 fully saturated rings. The van der Waals surface area contributed by atoms with E-state index in [1.54, 1.807) is 31.2 Å². The molecule has 0 aromatic heterocycles. The van der Waals surface area contributed by atoms with Crippen molar-refractivity contribution in [3.8, 4) is 5.75 Å². The first-order valence-electron chi connectivity index (χ1n) is 11.5. The van der Waals surface area contributed by atoms with Crippen molar-refractivity contribution in [3.63, 3.8) is 0 Å². The topological polar surface area (TPSA) is 96.0 Å². The number of methoxy groups -OCH3 is 1. The number of carbonyl (C=O) groups is 2. The molecule has 0 bridgehead atoms. The Hall–Kier alpha value is -3.14. The number of rotatable bonds is 12. The van der Waals surface area contributed by atoms with Gasteiger partial charge in [-0.2, -0.15) is 0 Å². The zero-order valence-corrected chi connectivity index (χ0v) is 21.6. The van der Waals surface area contributed by atoms with E-state index in [1.165, 1.54) is 36.3 Å². The van der Waals surface area contributed by atoms with Crippen LogP contribution in [0.25, 0.3) is 0 Å². The zero-order valence-electron chi connectivity index (χ0n) is 20.8. The minimum Gasteiger partial charge on any atom is -0.497 e. The first kappa shape index (κ1) is 28.1. The van der Waals surface area contributed by atoms with Crippen molar-refractivity contribution in [2.45, 2.75) is 52.2 Å². The fourth-order valence-electron chi connectivity index (χ4n) is 3.51. The van der Waals surface area contributed by atoms with Gasteiger partial charge < -0.3 is 15.0 Å². The lowest BCUT2D eigenvalue weighted by Gasteiger charge is -2.33. The molecular weight excluding hydrogens is 473 g/mol. The van der Waals surface area contributed by atoms with Crippen LogP contribution in [-0.4, -0.2) is 57.1 Å². The number of nitrogens with zero attached hydrogens (tertiary/aromatic N) is 2. The fourth-order valence-corrected chi connectivity index (χ4v) is 4.36. The van der Waals surface area contributed by atoms with Crippen LogP contribution >= 0.6 is 0 Å². The molecule has 2 rings (SSSR count). The van der Waals surface area contributed by atoms with E-state index >= 15 is 0 Å². The SMILES string of the molecule is CCC(C)NC(=O)C(CC)N(Cc1ccc(F)cc1)C(=O)CN(c1ccc(OC)cc1)S(C)(=O)=O. The molecule has 0 saturated carbocycles. The Morgan fingerprint density at radius 3 is 2.11 bits per heavy atom. The van der Waals surface area contributed by atoms with Gasteiger partial charge in [0.05, 0.1) is 19.1 Å². The molecule has 2 aromatic carbocycles. The van der Waals surface area contributed by atoms with Crippen molar-refractivity contribution in [2.24, 2.45) is 0 Å². The van der Waals surface area contributed by atoms with Gasteiger partial charge in [-0.25, -0.2) is 12.8 Å². The third kappa shape index (κ3) is 7.95. The van der Waals surface area contributed by atoms with Gasteiger partial charge in [0.15, 0.2) is 0 Å². The summed E-state index contributed by atoms with van der Waals surface area (Å²) < 4.78 is 44.8. The number of hydrogen-bond acceptors (Lipinski definition) is 5. The third-order valence-corrected chi connectivity index (χ3v) is 6.83. The second-order valence-electron chi connectivity index (χ2n) is 8.36. The Balaban J connectivity index is 2.42. The second kappa shape index (κ2) is 12.5. The number of sulfonamides is 1. The molecule has 0 spiro atoms. The Labute approximate surface area is 207 Å². The van der Waals surface area contributed by atoms with E-state index in [1.807, 2.05) is 13.8 Å². The van der Waals surface area contributed by atoms with Crippen LogP contribution in [0.5, 0.6) is 5.75 Å². The number of anilines is 1. The predicted molar refractivity (Wildman–Crippen MR) is 134 cm³/mol. The summed E-state index contributed by atoms with van der Waals surface area (Å²) in [6.45, 7) is 5.10. The maximum atomic E-state index is 13.6. The van der Waals surface area contributed by atoms with Crippen LogP contribution in [0.3, 0.4) is 0 Å². The summed E-state index contributed by atoms with van der Waals surface area (Å²) in [6, 6.07) is 11.0. The Morgan fingerprint density at radius 2 is 1.63 bits per heavy atom. The second-order valence-corrected chi connectivity index (χ2v) is 10.3. The summed E-state index contributed by atoms with van der Waals surface area (Å²) in [5.41, 5.74) is 0.908. The van der Waals surface area contributed by atoms with Crippen LogP contribution in [0.2, 0.25) is 0 Å². The van der Waals surface area contributed by atoms with E-state index in [0.29, 0.717) is 29.8 Å². The summed E-state index contributed by atoms with van der Waals surface area (Å²) in [7, 11) is -2.33. The average molecular weight is 508 g/mol. The Bertz CT molecular complexity index is 1090. The van der Waals surface area contributed by atoms with Gasteiger partial charge in [0.25, 0.3) is 0 Å². The lowest BCUT2D eigenvalue weighted by molar-refractivity contribution is -0.140.